The number of ether oxygens (including phenoxy) is 3. The van der Waals surface area contributed by atoms with Gasteiger partial charge in [-0.25, -0.2) is 8.98 Å². The van der Waals surface area contributed by atoms with Gasteiger partial charge in [0.05, 0.1) is 6.61 Å². The third-order valence-electron chi connectivity index (χ3n) is 4.47. The average molecular weight is 515 g/mol. The molecule has 0 unspecified atom stereocenters. The van der Waals surface area contributed by atoms with Gasteiger partial charge in [0.15, 0.2) is 24.8 Å². The maximum absolute atomic E-state index is 11.5. The molecule has 2 aliphatic heterocycles. The highest BCUT2D eigenvalue weighted by Gasteiger charge is 2.54. The van der Waals surface area contributed by atoms with Crippen LogP contribution in [0, 0.1) is 0 Å². The molecule has 188 valence electrons. The van der Waals surface area contributed by atoms with E-state index in [0.29, 0.717) is 0 Å². The Morgan fingerprint density at radius 3 is 2.00 bits per heavy atom. The Balaban J connectivity index is 2.40. The lowest BCUT2D eigenvalue weighted by Gasteiger charge is -2.46. The van der Waals surface area contributed by atoms with Gasteiger partial charge >= 0.3 is 26.7 Å². The van der Waals surface area contributed by atoms with Gasteiger partial charge in [-0.1, -0.05) is 0 Å². The van der Waals surface area contributed by atoms with Crippen LogP contribution in [0.15, 0.2) is 0 Å². The number of rotatable bonds is 8. The number of nitrogens with one attached hydrogen (secondary N) is 1. The fourth-order valence-electron chi connectivity index (χ4n) is 3.09. The molecule has 0 aliphatic carbocycles. The molecule has 10 atom stereocenters. The monoisotopic (exact) mass is 515 g/mol. The summed E-state index contributed by atoms with van der Waals surface area (Å²) in [5.74, 6) is -1.88. The van der Waals surface area contributed by atoms with Crippen LogP contribution in [0.1, 0.15) is 0 Å². The average Bonchev–Trinajstić information content (AvgIpc) is 2.64. The van der Waals surface area contributed by atoms with Gasteiger partial charge in [0.2, 0.25) is 0 Å². The predicted octanol–water partition coefficient (Wildman–Crippen LogP) is -6.08. The van der Waals surface area contributed by atoms with Gasteiger partial charge in [-0.15, -0.1) is 0 Å². The van der Waals surface area contributed by atoms with Gasteiger partial charge in [0, 0.05) is 0 Å². The van der Waals surface area contributed by atoms with Crippen LogP contribution in [0.3, 0.4) is 0 Å². The minimum atomic E-state index is -5.31. The molecule has 0 radical (unpaired) electrons. The third kappa shape index (κ3) is 6.48. The Hall–Kier alpha value is -1.11. The van der Waals surface area contributed by atoms with Gasteiger partial charge in [-0.3, -0.25) is 9.11 Å². The van der Waals surface area contributed by atoms with Crippen molar-refractivity contribution in [3.8, 4) is 0 Å². The lowest BCUT2D eigenvalue weighted by molar-refractivity contribution is -0.332. The molecule has 2 saturated heterocycles. The molecule has 0 saturated carbocycles. The fourth-order valence-corrected chi connectivity index (χ4v) is 4.17. The lowest BCUT2D eigenvalue weighted by Crippen LogP contribution is -2.68. The zero-order chi connectivity index (χ0) is 24.6. The Kier molecular flexibility index (Phi) is 8.50. The minimum Gasteiger partial charge on any atom is -0.479 e. The number of aliphatic carboxylic acids is 1. The van der Waals surface area contributed by atoms with Crippen molar-refractivity contribution < 1.29 is 79.8 Å². The lowest BCUT2D eigenvalue weighted by atomic mass is 9.96. The van der Waals surface area contributed by atoms with Crippen LogP contribution in [0.2, 0.25) is 0 Å². The second kappa shape index (κ2) is 10.0. The van der Waals surface area contributed by atoms with Crippen molar-refractivity contribution in [2.75, 3.05) is 6.61 Å². The van der Waals surface area contributed by atoms with E-state index in [4.69, 9.17) is 18.6 Å². The van der Waals surface area contributed by atoms with Crippen molar-refractivity contribution >= 4 is 26.7 Å². The quantitative estimate of drug-likeness (QED) is 0.136. The number of hydrogen-bond acceptors (Lipinski definition) is 14. The first kappa shape index (κ1) is 27.1. The minimum absolute atomic E-state index is 0.962. The van der Waals surface area contributed by atoms with E-state index in [1.165, 1.54) is 4.72 Å². The first-order chi connectivity index (χ1) is 14.6. The molecule has 2 heterocycles. The number of carboxylic acid groups (broad SMARTS) is 1. The van der Waals surface area contributed by atoms with E-state index in [2.05, 4.69) is 8.92 Å². The molecule has 20 heteroatoms. The summed E-state index contributed by atoms with van der Waals surface area (Å²) in [5, 5.41) is 58.7. The summed E-state index contributed by atoms with van der Waals surface area (Å²) in [6, 6.07) is -2.06. The molecule has 0 aromatic carbocycles. The molecular weight excluding hydrogens is 494 g/mol. The van der Waals surface area contributed by atoms with E-state index in [1.54, 1.807) is 0 Å². The summed E-state index contributed by atoms with van der Waals surface area (Å²) in [6.45, 7) is -0.962. The number of carbonyl (C=O) groups is 1. The second-order valence-corrected chi connectivity index (χ2v) is 8.92. The molecule has 2 fully saturated rings. The standard InChI is InChI=1S/C12H21NO17S2/c14-1-2-4(15)5(16)3(13-31(21,22)23)12(27-2)29-7-6(17)8(30-32(24,25)26)11(20)28-9(7)10(18)19/h2-9,11-17,20H,1H2,(H,18,19)(H,21,22,23)(H,24,25,26)/t2-,3-,4-,5-,6-,7-,8+,9-,11+,12-/m0/s1. The van der Waals surface area contributed by atoms with Crippen LogP contribution in [0.5, 0.6) is 0 Å². The summed E-state index contributed by atoms with van der Waals surface area (Å²) >= 11 is 0. The largest absolute Gasteiger partial charge is 0.479 e. The molecule has 0 spiro atoms. The van der Waals surface area contributed by atoms with Gasteiger partial charge in [-0.05, 0) is 0 Å². The van der Waals surface area contributed by atoms with E-state index >= 15 is 0 Å². The molecule has 0 aromatic rings. The fraction of sp³-hybridized carbons (Fsp3) is 0.917. The summed E-state index contributed by atoms with van der Waals surface area (Å²) in [7, 11) is -10.4. The Morgan fingerprint density at radius 2 is 1.53 bits per heavy atom. The zero-order valence-corrected chi connectivity index (χ0v) is 17.2. The zero-order valence-electron chi connectivity index (χ0n) is 15.5. The van der Waals surface area contributed by atoms with E-state index in [9.17, 15) is 52.3 Å². The van der Waals surface area contributed by atoms with E-state index in [-0.39, 0.29) is 0 Å². The molecule has 9 N–H and O–H groups in total. The summed E-state index contributed by atoms with van der Waals surface area (Å²) in [5.41, 5.74) is 0. The number of carboxylic acids is 1. The maximum Gasteiger partial charge on any atom is 0.397 e. The predicted molar refractivity (Wildman–Crippen MR) is 92.0 cm³/mol. The molecule has 0 bridgehead atoms. The Morgan fingerprint density at radius 1 is 0.938 bits per heavy atom. The molecule has 2 aliphatic rings. The third-order valence-corrected chi connectivity index (χ3v) is 5.51. The summed E-state index contributed by atoms with van der Waals surface area (Å²) in [6.07, 6.45) is -19.5. The Labute approximate surface area is 179 Å². The second-order valence-electron chi connectivity index (χ2n) is 6.69. The van der Waals surface area contributed by atoms with Gasteiger partial charge in [0.1, 0.15) is 36.6 Å². The van der Waals surface area contributed by atoms with Crippen molar-refractivity contribution in [3.05, 3.63) is 0 Å². The van der Waals surface area contributed by atoms with E-state index < -0.39 is 94.6 Å². The van der Waals surface area contributed by atoms with Crippen LogP contribution in [0.25, 0.3) is 0 Å². The summed E-state index contributed by atoms with van der Waals surface area (Å²) in [4.78, 5) is 11.5. The van der Waals surface area contributed by atoms with Crippen LogP contribution in [-0.2, 0) is 43.9 Å². The van der Waals surface area contributed by atoms with Gasteiger partial charge in [-0.2, -0.15) is 21.6 Å². The first-order valence-corrected chi connectivity index (χ1v) is 11.3. The SMILES string of the molecule is O=C(O)[C@H]1O[C@@H](O)[C@H](OS(=O)(=O)O)[C@@H](O)[C@@H]1O[C@@H]1O[C@@H](CO)[C@H](O)[C@@H](O)[C@@H]1NS(=O)(=O)O. The van der Waals surface area contributed by atoms with Crippen LogP contribution < -0.4 is 4.72 Å². The smallest absolute Gasteiger partial charge is 0.397 e. The molecule has 0 amide bonds. The van der Waals surface area contributed by atoms with Crippen molar-refractivity contribution in [1.82, 2.24) is 4.72 Å². The molecular formula is C12H21NO17S2. The van der Waals surface area contributed by atoms with Crippen molar-refractivity contribution in [3.63, 3.8) is 0 Å². The summed E-state index contributed by atoms with van der Waals surface area (Å²) < 4.78 is 82.5. The first-order valence-electron chi connectivity index (χ1n) is 8.48. The van der Waals surface area contributed by atoms with Crippen molar-refractivity contribution in [1.29, 1.82) is 0 Å². The molecule has 2 rings (SSSR count). The van der Waals surface area contributed by atoms with Crippen molar-refractivity contribution in [2.45, 2.75) is 61.3 Å². The van der Waals surface area contributed by atoms with Crippen molar-refractivity contribution in [2.24, 2.45) is 0 Å². The highest BCUT2D eigenvalue weighted by atomic mass is 32.3. The molecule has 0 aromatic heterocycles. The normalized spacial score (nSPS) is 41.3. The van der Waals surface area contributed by atoms with Crippen LogP contribution in [0.4, 0.5) is 0 Å². The van der Waals surface area contributed by atoms with Gasteiger partial charge in [0.25, 0.3) is 0 Å². The van der Waals surface area contributed by atoms with Gasteiger partial charge < -0.3 is 44.8 Å². The van der Waals surface area contributed by atoms with E-state index in [1.807, 2.05) is 0 Å². The maximum atomic E-state index is 11.5. The number of hydrogen-bond donors (Lipinski definition) is 9. The van der Waals surface area contributed by atoms with E-state index in [0.717, 1.165) is 0 Å². The Bertz CT molecular complexity index is 878. The van der Waals surface area contributed by atoms with Crippen LogP contribution in [-0.4, -0.2) is 131 Å². The number of aliphatic hydroxyl groups excluding tert-OH is 5. The highest BCUT2D eigenvalue weighted by Crippen LogP contribution is 2.30. The topological polar surface area (TPSA) is 296 Å². The molecule has 32 heavy (non-hydrogen) atoms. The molecule has 18 nitrogen and oxygen atoms in total. The number of aliphatic hydroxyl groups is 5. The van der Waals surface area contributed by atoms with Crippen LogP contribution >= 0.6 is 0 Å². The highest BCUT2D eigenvalue weighted by molar-refractivity contribution is 7.83.